The first-order chi connectivity index (χ1) is 10.7. The molecule has 0 unspecified atom stereocenters. The molecule has 4 nitrogen and oxygen atoms in total. The van der Waals surface area contributed by atoms with E-state index >= 15 is 0 Å². The van der Waals surface area contributed by atoms with Crippen molar-refractivity contribution < 1.29 is 14.3 Å². The van der Waals surface area contributed by atoms with E-state index in [0.717, 1.165) is 43.7 Å². The number of ether oxygens (including phenoxy) is 2. The topological polar surface area (TPSA) is 47.6 Å². The molecule has 1 aromatic carbocycles. The van der Waals surface area contributed by atoms with Crippen LogP contribution >= 0.6 is 0 Å². The van der Waals surface area contributed by atoms with E-state index in [4.69, 9.17) is 9.47 Å². The van der Waals surface area contributed by atoms with E-state index in [1.165, 1.54) is 24.0 Å². The van der Waals surface area contributed by atoms with Crippen molar-refractivity contribution in [2.45, 2.75) is 56.5 Å². The number of carbonyl (C=O) groups excluding carboxylic acids is 1. The highest BCUT2D eigenvalue weighted by molar-refractivity contribution is 5.81. The van der Waals surface area contributed by atoms with Crippen LogP contribution in [-0.4, -0.2) is 25.7 Å². The van der Waals surface area contributed by atoms with Gasteiger partial charge in [-0.2, -0.15) is 0 Å². The molecule has 1 N–H and O–H groups in total. The summed E-state index contributed by atoms with van der Waals surface area (Å²) in [5, 5.41) is 3.00. The van der Waals surface area contributed by atoms with Crippen LogP contribution in [0.25, 0.3) is 0 Å². The molecule has 0 bridgehead atoms. The van der Waals surface area contributed by atoms with Crippen molar-refractivity contribution in [3.8, 4) is 11.5 Å². The third-order valence-corrected chi connectivity index (χ3v) is 5.58. The largest absolute Gasteiger partial charge is 0.493 e. The standard InChI is InChI=1S/C18H23NO3/c1-21-15-7-6-14-13(17(15)22-12-4-2-3-5-12)8-9-18(14)10-16(20)19-11-18/h6-7,12H,2-5,8-11H2,1H3,(H,19,20)/t18-/m0/s1. The second kappa shape index (κ2) is 5.18. The molecule has 2 fully saturated rings. The molecule has 1 heterocycles. The Hall–Kier alpha value is -1.71. The molecular formula is C18H23NO3. The second-order valence-electron chi connectivity index (χ2n) is 6.88. The number of hydrogen-bond acceptors (Lipinski definition) is 3. The normalized spacial score (nSPS) is 27.2. The molecule has 118 valence electrons. The van der Waals surface area contributed by atoms with E-state index in [1.807, 2.05) is 6.07 Å². The van der Waals surface area contributed by atoms with E-state index in [-0.39, 0.29) is 11.3 Å². The molecule has 4 rings (SSSR count). The van der Waals surface area contributed by atoms with Crippen LogP contribution in [0.2, 0.25) is 0 Å². The van der Waals surface area contributed by atoms with Crippen molar-refractivity contribution in [1.29, 1.82) is 0 Å². The molecule has 1 aromatic rings. The first-order valence-corrected chi connectivity index (χ1v) is 8.35. The first kappa shape index (κ1) is 13.9. The van der Waals surface area contributed by atoms with Gasteiger partial charge in [0.15, 0.2) is 11.5 Å². The van der Waals surface area contributed by atoms with Gasteiger partial charge >= 0.3 is 0 Å². The van der Waals surface area contributed by atoms with Gasteiger partial charge in [-0.1, -0.05) is 6.07 Å². The summed E-state index contributed by atoms with van der Waals surface area (Å²) < 4.78 is 11.9. The van der Waals surface area contributed by atoms with Crippen LogP contribution in [0.5, 0.6) is 11.5 Å². The van der Waals surface area contributed by atoms with Crippen LogP contribution in [0.15, 0.2) is 12.1 Å². The predicted molar refractivity (Wildman–Crippen MR) is 83.5 cm³/mol. The van der Waals surface area contributed by atoms with Crippen molar-refractivity contribution in [2.75, 3.05) is 13.7 Å². The number of fused-ring (bicyclic) bond motifs is 2. The zero-order valence-electron chi connectivity index (χ0n) is 13.1. The third-order valence-electron chi connectivity index (χ3n) is 5.58. The number of carbonyl (C=O) groups is 1. The lowest BCUT2D eigenvalue weighted by atomic mass is 9.81. The number of amides is 1. The maximum absolute atomic E-state index is 11.7. The lowest BCUT2D eigenvalue weighted by Gasteiger charge is -2.24. The minimum absolute atomic E-state index is 0.0214. The molecule has 0 aromatic heterocycles. The fourth-order valence-electron chi connectivity index (χ4n) is 4.38. The highest BCUT2D eigenvalue weighted by atomic mass is 16.5. The van der Waals surface area contributed by atoms with E-state index in [2.05, 4.69) is 11.4 Å². The number of methoxy groups -OCH3 is 1. The number of rotatable bonds is 3. The minimum atomic E-state index is -0.0214. The quantitative estimate of drug-likeness (QED) is 0.934. The second-order valence-corrected chi connectivity index (χ2v) is 6.88. The van der Waals surface area contributed by atoms with Crippen molar-refractivity contribution in [3.63, 3.8) is 0 Å². The molecule has 0 radical (unpaired) electrons. The fourth-order valence-corrected chi connectivity index (χ4v) is 4.38. The van der Waals surface area contributed by atoms with Crippen LogP contribution in [0.4, 0.5) is 0 Å². The van der Waals surface area contributed by atoms with Gasteiger partial charge in [0.2, 0.25) is 5.91 Å². The molecule has 4 heteroatoms. The number of nitrogens with one attached hydrogen (secondary N) is 1. The van der Waals surface area contributed by atoms with Crippen LogP contribution in [-0.2, 0) is 16.6 Å². The summed E-state index contributed by atoms with van der Waals surface area (Å²) in [5.74, 6) is 1.94. The Labute approximate surface area is 131 Å². The highest BCUT2D eigenvalue weighted by Crippen LogP contribution is 2.49. The van der Waals surface area contributed by atoms with Crippen molar-refractivity contribution in [1.82, 2.24) is 5.32 Å². The Morgan fingerprint density at radius 2 is 2.09 bits per heavy atom. The fraction of sp³-hybridized carbons (Fsp3) is 0.611. The Bertz CT molecular complexity index is 607. The maximum Gasteiger partial charge on any atom is 0.220 e. The lowest BCUT2D eigenvalue weighted by Crippen LogP contribution is -2.26. The van der Waals surface area contributed by atoms with Crippen molar-refractivity contribution in [3.05, 3.63) is 23.3 Å². The summed E-state index contributed by atoms with van der Waals surface area (Å²) >= 11 is 0. The van der Waals surface area contributed by atoms with Crippen LogP contribution in [0.1, 0.15) is 49.7 Å². The van der Waals surface area contributed by atoms with Gasteiger partial charge in [0.05, 0.1) is 13.2 Å². The van der Waals surface area contributed by atoms with Gasteiger partial charge in [0, 0.05) is 23.9 Å². The average Bonchev–Trinajstić information content (AvgIpc) is 3.23. The summed E-state index contributed by atoms with van der Waals surface area (Å²) in [6, 6.07) is 4.15. The predicted octanol–water partition coefficient (Wildman–Crippen LogP) is 2.72. The van der Waals surface area contributed by atoms with E-state index in [9.17, 15) is 4.79 Å². The summed E-state index contributed by atoms with van der Waals surface area (Å²) in [7, 11) is 1.70. The van der Waals surface area contributed by atoms with Crippen LogP contribution in [0.3, 0.4) is 0 Å². The van der Waals surface area contributed by atoms with Gasteiger partial charge in [-0.15, -0.1) is 0 Å². The first-order valence-electron chi connectivity index (χ1n) is 8.35. The Morgan fingerprint density at radius 1 is 1.27 bits per heavy atom. The van der Waals surface area contributed by atoms with Gasteiger partial charge in [-0.3, -0.25) is 4.79 Å². The summed E-state index contributed by atoms with van der Waals surface area (Å²) in [5.41, 5.74) is 2.54. The molecule has 1 aliphatic heterocycles. The maximum atomic E-state index is 11.7. The molecule has 1 saturated heterocycles. The molecule has 2 aliphatic carbocycles. The Kier molecular flexibility index (Phi) is 3.28. The zero-order chi connectivity index (χ0) is 15.2. The average molecular weight is 301 g/mol. The summed E-state index contributed by atoms with van der Waals surface area (Å²) in [4.78, 5) is 11.7. The van der Waals surface area contributed by atoms with Crippen molar-refractivity contribution in [2.24, 2.45) is 0 Å². The SMILES string of the molecule is COc1ccc2c(c1OC1CCCC1)CC[C@]21CNC(=O)C1. The van der Waals surface area contributed by atoms with Gasteiger partial charge in [-0.25, -0.2) is 0 Å². The molecular weight excluding hydrogens is 278 g/mol. The van der Waals surface area contributed by atoms with Crippen LogP contribution < -0.4 is 14.8 Å². The summed E-state index contributed by atoms with van der Waals surface area (Å²) in [6.07, 6.45) is 7.71. The minimum Gasteiger partial charge on any atom is -0.493 e. The van der Waals surface area contributed by atoms with Gasteiger partial charge < -0.3 is 14.8 Å². The molecule has 22 heavy (non-hydrogen) atoms. The zero-order valence-corrected chi connectivity index (χ0v) is 13.1. The third kappa shape index (κ3) is 2.08. The van der Waals surface area contributed by atoms with E-state index in [1.54, 1.807) is 7.11 Å². The lowest BCUT2D eigenvalue weighted by molar-refractivity contribution is -0.119. The Morgan fingerprint density at radius 3 is 2.77 bits per heavy atom. The molecule has 1 amide bonds. The van der Waals surface area contributed by atoms with Crippen LogP contribution in [0, 0.1) is 0 Å². The van der Waals surface area contributed by atoms with Gasteiger partial charge in [-0.05, 0) is 50.2 Å². The smallest absolute Gasteiger partial charge is 0.220 e. The number of hydrogen-bond donors (Lipinski definition) is 1. The monoisotopic (exact) mass is 301 g/mol. The van der Waals surface area contributed by atoms with E-state index in [0.29, 0.717) is 12.5 Å². The van der Waals surface area contributed by atoms with E-state index < -0.39 is 0 Å². The van der Waals surface area contributed by atoms with Gasteiger partial charge in [0.25, 0.3) is 0 Å². The molecule has 1 spiro atoms. The molecule has 1 atom stereocenters. The van der Waals surface area contributed by atoms with Crippen molar-refractivity contribution >= 4 is 5.91 Å². The Balaban J connectivity index is 1.73. The summed E-state index contributed by atoms with van der Waals surface area (Å²) in [6.45, 7) is 0.758. The highest BCUT2D eigenvalue weighted by Gasteiger charge is 2.46. The van der Waals surface area contributed by atoms with Gasteiger partial charge in [0.1, 0.15) is 0 Å². The molecule has 1 saturated carbocycles. The molecule has 3 aliphatic rings. The number of benzene rings is 1.